The van der Waals surface area contributed by atoms with Gasteiger partial charge in [-0.05, 0) is 51.8 Å². The molecule has 7 nitrogen and oxygen atoms in total. The number of sulfonamides is 1. The fourth-order valence-electron chi connectivity index (χ4n) is 2.57. The van der Waals surface area contributed by atoms with Crippen molar-refractivity contribution >= 4 is 61.1 Å². The fourth-order valence-corrected chi connectivity index (χ4v) is 4.45. The average Bonchev–Trinajstić information content (AvgIpc) is 2.64. The van der Waals surface area contributed by atoms with Gasteiger partial charge in [-0.3, -0.25) is 9.10 Å². The number of amides is 1. The van der Waals surface area contributed by atoms with E-state index in [1.165, 1.54) is 6.21 Å². The van der Waals surface area contributed by atoms with Crippen LogP contribution < -0.4 is 14.6 Å². The van der Waals surface area contributed by atoms with Crippen LogP contribution in [0.2, 0.25) is 5.02 Å². The molecule has 13 heteroatoms. The van der Waals surface area contributed by atoms with Crippen molar-refractivity contribution in [2.45, 2.75) is 6.18 Å². The number of hydrogen-bond acceptors (Lipinski definition) is 5. The topological polar surface area (TPSA) is 82.1 Å². The van der Waals surface area contributed by atoms with Crippen molar-refractivity contribution in [3.8, 4) is 0 Å². The van der Waals surface area contributed by atoms with Gasteiger partial charge in [0.25, 0.3) is 5.91 Å². The van der Waals surface area contributed by atoms with E-state index in [1.54, 1.807) is 12.1 Å². The lowest BCUT2D eigenvalue weighted by molar-refractivity contribution is -0.137. The maximum Gasteiger partial charge on any atom is 0.416 e. The zero-order chi connectivity index (χ0) is 24.3. The van der Waals surface area contributed by atoms with Crippen LogP contribution in [0.15, 0.2) is 46.0 Å². The minimum atomic E-state index is -4.72. The second-order valence-corrected chi connectivity index (χ2v) is 10.0. The molecule has 0 aromatic heterocycles. The predicted octanol–water partition coefficient (Wildman–Crippen LogP) is 4.10. The Bertz CT molecular complexity index is 1140. The lowest BCUT2D eigenvalue weighted by atomic mass is 10.2. The number of hydrazone groups is 1. The summed E-state index contributed by atoms with van der Waals surface area (Å²) >= 11 is 9.34. The highest BCUT2D eigenvalue weighted by atomic mass is 79.9. The Kier molecular flexibility index (Phi) is 8.18. The summed E-state index contributed by atoms with van der Waals surface area (Å²) in [5.74, 6) is -0.871. The second-order valence-electron chi connectivity index (χ2n) is 6.83. The molecule has 0 spiro atoms. The highest BCUT2D eigenvalue weighted by Crippen LogP contribution is 2.36. The lowest BCUT2D eigenvalue weighted by Crippen LogP contribution is -2.39. The predicted molar refractivity (Wildman–Crippen MR) is 123 cm³/mol. The number of carbonyl (C=O) groups excluding carboxylic acids is 1. The van der Waals surface area contributed by atoms with Crippen LogP contribution >= 0.6 is 27.5 Å². The summed E-state index contributed by atoms with van der Waals surface area (Å²) in [5.41, 5.74) is 2.16. The van der Waals surface area contributed by atoms with Crippen LogP contribution in [0.1, 0.15) is 11.1 Å². The summed E-state index contributed by atoms with van der Waals surface area (Å²) in [7, 11) is -0.389. The molecule has 0 saturated heterocycles. The number of hydrogen-bond donors (Lipinski definition) is 1. The molecule has 0 saturated carbocycles. The summed E-state index contributed by atoms with van der Waals surface area (Å²) in [5, 5.41) is 3.51. The summed E-state index contributed by atoms with van der Waals surface area (Å²) in [6.45, 7) is -0.819. The third kappa shape index (κ3) is 6.84. The standard InChI is InChI=1S/C19H19BrClF3N4O3S/c1-27(2)16-7-4-12(8-14(16)20)10-25-26-18(29)11-28(32(3,30)31)17-9-13(19(22,23)24)5-6-15(17)21/h4-10H,11H2,1-3H3,(H,26,29). The molecule has 0 atom stereocenters. The minimum absolute atomic E-state index is 0.259. The summed E-state index contributed by atoms with van der Waals surface area (Å²) in [6, 6.07) is 7.55. The van der Waals surface area contributed by atoms with Gasteiger partial charge in [-0.25, -0.2) is 13.8 Å². The molecule has 0 unspecified atom stereocenters. The van der Waals surface area contributed by atoms with Crippen molar-refractivity contribution in [3.63, 3.8) is 0 Å². The van der Waals surface area contributed by atoms with Gasteiger partial charge in [0.05, 0.1) is 34.4 Å². The van der Waals surface area contributed by atoms with Crippen LogP contribution in [0.3, 0.4) is 0 Å². The molecule has 1 N–H and O–H groups in total. The van der Waals surface area contributed by atoms with Crippen LogP contribution in [0.5, 0.6) is 0 Å². The van der Waals surface area contributed by atoms with Gasteiger partial charge < -0.3 is 4.90 Å². The molecule has 2 aromatic carbocycles. The highest BCUT2D eigenvalue weighted by Gasteiger charge is 2.33. The molecule has 32 heavy (non-hydrogen) atoms. The molecule has 0 bridgehead atoms. The van der Waals surface area contributed by atoms with Gasteiger partial charge >= 0.3 is 6.18 Å². The number of anilines is 2. The SMILES string of the molecule is CN(C)c1ccc(C=NNC(=O)CN(c2cc(C(F)(F)F)ccc2Cl)S(C)(=O)=O)cc1Br. The fraction of sp³-hybridized carbons (Fsp3) is 0.263. The van der Waals surface area contributed by atoms with Gasteiger partial charge in [0.2, 0.25) is 10.0 Å². The van der Waals surface area contributed by atoms with E-state index in [-0.39, 0.29) is 5.02 Å². The van der Waals surface area contributed by atoms with E-state index in [1.807, 2.05) is 25.1 Å². The first-order chi connectivity index (χ1) is 14.7. The zero-order valence-corrected chi connectivity index (χ0v) is 20.3. The van der Waals surface area contributed by atoms with Crippen molar-refractivity contribution < 1.29 is 26.4 Å². The van der Waals surface area contributed by atoms with E-state index in [0.29, 0.717) is 15.9 Å². The van der Waals surface area contributed by atoms with Crippen molar-refractivity contribution in [2.75, 3.05) is 36.1 Å². The van der Waals surface area contributed by atoms with Crippen LogP contribution in [-0.4, -0.2) is 47.4 Å². The van der Waals surface area contributed by atoms with Crippen molar-refractivity contribution in [3.05, 3.63) is 57.0 Å². The first-order valence-corrected chi connectivity index (χ1v) is 11.9. The largest absolute Gasteiger partial charge is 0.416 e. The highest BCUT2D eigenvalue weighted by molar-refractivity contribution is 9.10. The monoisotopic (exact) mass is 554 g/mol. The molecule has 2 aromatic rings. The maximum atomic E-state index is 13.0. The van der Waals surface area contributed by atoms with Gasteiger partial charge in [-0.1, -0.05) is 17.7 Å². The Morgan fingerprint density at radius 3 is 2.38 bits per heavy atom. The van der Waals surface area contributed by atoms with Crippen LogP contribution in [0, 0.1) is 0 Å². The Morgan fingerprint density at radius 2 is 1.84 bits per heavy atom. The molecule has 2 rings (SSSR count). The van der Waals surface area contributed by atoms with Crippen LogP contribution in [0.25, 0.3) is 0 Å². The lowest BCUT2D eigenvalue weighted by Gasteiger charge is -2.23. The van der Waals surface area contributed by atoms with Gasteiger partial charge in [0, 0.05) is 18.6 Å². The molecule has 0 radical (unpaired) electrons. The Morgan fingerprint density at radius 1 is 1.19 bits per heavy atom. The molecule has 0 heterocycles. The zero-order valence-electron chi connectivity index (χ0n) is 17.1. The quantitative estimate of drug-likeness (QED) is 0.412. The molecule has 0 aliphatic heterocycles. The van der Waals surface area contributed by atoms with Crippen molar-refractivity contribution in [1.29, 1.82) is 0 Å². The number of nitrogens with zero attached hydrogens (tertiary/aromatic N) is 3. The molecule has 1 amide bonds. The number of carbonyl (C=O) groups is 1. The van der Waals surface area contributed by atoms with Gasteiger partial charge in [-0.2, -0.15) is 18.3 Å². The Hall–Kier alpha value is -2.31. The third-order valence-electron chi connectivity index (χ3n) is 4.09. The second kappa shape index (κ2) is 10.1. The van der Waals surface area contributed by atoms with E-state index >= 15 is 0 Å². The summed E-state index contributed by atoms with van der Waals surface area (Å²) in [6.07, 6.45) is -2.63. The van der Waals surface area contributed by atoms with E-state index in [0.717, 1.165) is 28.5 Å². The summed E-state index contributed by atoms with van der Waals surface area (Å²) < 4.78 is 64.7. The smallest absolute Gasteiger partial charge is 0.377 e. The minimum Gasteiger partial charge on any atom is -0.377 e. The van der Waals surface area contributed by atoms with E-state index in [4.69, 9.17) is 11.6 Å². The third-order valence-corrected chi connectivity index (χ3v) is 6.17. The average molecular weight is 556 g/mol. The van der Waals surface area contributed by atoms with Crippen molar-refractivity contribution in [2.24, 2.45) is 5.10 Å². The number of halogens is 5. The molecule has 0 aliphatic carbocycles. The molecule has 174 valence electrons. The van der Waals surface area contributed by atoms with E-state index in [9.17, 15) is 26.4 Å². The Balaban J connectivity index is 2.20. The number of alkyl halides is 3. The molecular formula is C19H19BrClF3N4O3S. The molecule has 0 fully saturated rings. The first-order valence-electron chi connectivity index (χ1n) is 8.83. The normalized spacial score (nSPS) is 12.1. The Labute approximate surface area is 197 Å². The van der Waals surface area contributed by atoms with Crippen molar-refractivity contribution in [1.82, 2.24) is 5.43 Å². The van der Waals surface area contributed by atoms with Crippen LogP contribution in [-0.2, 0) is 21.0 Å². The molecular weight excluding hydrogens is 537 g/mol. The van der Waals surface area contributed by atoms with Gasteiger partial charge in [-0.15, -0.1) is 0 Å². The number of nitrogens with one attached hydrogen (secondary N) is 1. The maximum absolute atomic E-state index is 13.0. The van der Waals surface area contributed by atoms with E-state index < -0.39 is 39.9 Å². The van der Waals surface area contributed by atoms with Gasteiger partial charge in [0.1, 0.15) is 6.54 Å². The first kappa shape index (κ1) is 25.9. The molecule has 0 aliphatic rings. The van der Waals surface area contributed by atoms with Gasteiger partial charge in [0.15, 0.2) is 0 Å². The number of rotatable bonds is 7. The van der Waals surface area contributed by atoms with E-state index in [2.05, 4.69) is 26.5 Å². The number of benzene rings is 2. The van der Waals surface area contributed by atoms with Crippen LogP contribution in [0.4, 0.5) is 24.5 Å². The summed E-state index contributed by atoms with van der Waals surface area (Å²) in [4.78, 5) is 14.1.